The number of nitrogens with two attached hydrogens (primary N) is 1. The lowest BCUT2D eigenvalue weighted by Crippen LogP contribution is -3.09. The first-order valence-electron chi connectivity index (χ1n) is 9.71. The standard InChI is InChI=1S/C21H25N5O4/c1-3-25(17(27)14-24(2)13-16-10-7-11-30-16)18-19(22)26(21(29)23-20(18)28)12-15-8-5-4-6-9-15/h4-11H,3,12-14,22H2,1-2H3,(H,23,28,29)/p+1. The second-order valence-corrected chi connectivity index (χ2v) is 7.09. The molecule has 9 heteroatoms. The zero-order valence-corrected chi connectivity index (χ0v) is 17.1. The van der Waals surface area contributed by atoms with E-state index in [1.165, 1.54) is 9.47 Å². The van der Waals surface area contributed by atoms with Crippen LogP contribution in [0.1, 0.15) is 18.2 Å². The molecule has 3 rings (SSSR count). The average Bonchev–Trinajstić information content (AvgIpc) is 3.21. The van der Waals surface area contributed by atoms with Crippen molar-refractivity contribution in [2.75, 3.05) is 30.8 Å². The van der Waals surface area contributed by atoms with E-state index in [-0.39, 0.29) is 37.0 Å². The second kappa shape index (κ2) is 9.27. The molecular weight excluding hydrogens is 386 g/mol. The van der Waals surface area contributed by atoms with Crippen LogP contribution in [-0.2, 0) is 17.9 Å². The van der Waals surface area contributed by atoms with E-state index in [1.807, 2.05) is 43.4 Å². The lowest BCUT2D eigenvalue weighted by atomic mass is 10.2. The number of H-pyrrole nitrogens is 1. The minimum atomic E-state index is -0.680. The van der Waals surface area contributed by atoms with Crippen molar-refractivity contribution in [3.05, 3.63) is 80.9 Å². The van der Waals surface area contributed by atoms with E-state index < -0.39 is 11.2 Å². The summed E-state index contributed by atoms with van der Waals surface area (Å²) in [4.78, 5) is 42.4. The fraction of sp³-hybridized carbons (Fsp3) is 0.286. The molecule has 158 valence electrons. The number of hydrogen-bond donors (Lipinski definition) is 3. The van der Waals surface area contributed by atoms with Gasteiger partial charge in [0, 0.05) is 6.54 Å². The molecule has 1 aromatic carbocycles. The Morgan fingerprint density at radius 3 is 2.57 bits per heavy atom. The van der Waals surface area contributed by atoms with Gasteiger partial charge in [0.05, 0.1) is 19.9 Å². The smallest absolute Gasteiger partial charge is 0.330 e. The molecule has 2 aromatic heterocycles. The first kappa shape index (κ1) is 21.1. The van der Waals surface area contributed by atoms with Crippen molar-refractivity contribution in [1.29, 1.82) is 0 Å². The van der Waals surface area contributed by atoms with Crippen molar-refractivity contribution >= 4 is 17.4 Å². The molecule has 0 spiro atoms. The Labute approximate surface area is 173 Å². The van der Waals surface area contributed by atoms with Gasteiger partial charge in [-0.2, -0.15) is 0 Å². The van der Waals surface area contributed by atoms with Crippen LogP contribution < -0.4 is 26.8 Å². The molecule has 2 heterocycles. The quantitative estimate of drug-likeness (QED) is 0.475. The number of furan rings is 1. The van der Waals surface area contributed by atoms with Crippen molar-refractivity contribution in [1.82, 2.24) is 9.55 Å². The molecule has 0 saturated heterocycles. The summed E-state index contributed by atoms with van der Waals surface area (Å²) in [6.45, 7) is 2.83. The van der Waals surface area contributed by atoms with E-state index in [4.69, 9.17) is 10.2 Å². The predicted molar refractivity (Wildman–Crippen MR) is 113 cm³/mol. The first-order chi connectivity index (χ1) is 14.4. The number of aromatic amines is 1. The monoisotopic (exact) mass is 412 g/mol. The van der Waals surface area contributed by atoms with Gasteiger partial charge < -0.3 is 15.1 Å². The number of amides is 1. The summed E-state index contributed by atoms with van der Waals surface area (Å²) in [5, 5.41) is 0. The van der Waals surface area contributed by atoms with E-state index in [1.54, 1.807) is 19.3 Å². The Bertz CT molecular complexity index is 1100. The van der Waals surface area contributed by atoms with Gasteiger partial charge in [0.25, 0.3) is 11.5 Å². The van der Waals surface area contributed by atoms with E-state index in [0.717, 1.165) is 16.2 Å². The number of hydrogen-bond acceptors (Lipinski definition) is 5. The van der Waals surface area contributed by atoms with Crippen molar-refractivity contribution in [2.45, 2.75) is 20.0 Å². The third-order valence-electron chi connectivity index (χ3n) is 4.79. The molecule has 1 amide bonds. The van der Waals surface area contributed by atoms with Crippen LogP contribution >= 0.6 is 0 Å². The molecule has 30 heavy (non-hydrogen) atoms. The number of carbonyl (C=O) groups is 1. The van der Waals surface area contributed by atoms with Gasteiger partial charge in [0.15, 0.2) is 18.0 Å². The zero-order chi connectivity index (χ0) is 21.7. The summed E-state index contributed by atoms with van der Waals surface area (Å²) in [5.74, 6) is 0.451. The lowest BCUT2D eigenvalue weighted by molar-refractivity contribution is -0.886. The zero-order valence-electron chi connectivity index (χ0n) is 17.1. The van der Waals surface area contributed by atoms with Gasteiger partial charge in [-0.15, -0.1) is 0 Å². The number of nitrogens with zero attached hydrogens (tertiary/aromatic N) is 2. The van der Waals surface area contributed by atoms with Gasteiger partial charge in [0.1, 0.15) is 12.4 Å². The topological polar surface area (TPSA) is 119 Å². The Morgan fingerprint density at radius 1 is 1.20 bits per heavy atom. The van der Waals surface area contributed by atoms with Gasteiger partial charge in [-0.05, 0) is 24.6 Å². The number of rotatable bonds is 8. The van der Waals surface area contributed by atoms with Gasteiger partial charge in [-0.25, -0.2) is 4.79 Å². The number of likely N-dealkylation sites (N-methyl/N-ethyl adjacent to an activating group) is 2. The van der Waals surface area contributed by atoms with Crippen LogP contribution in [0, 0.1) is 0 Å². The second-order valence-electron chi connectivity index (χ2n) is 7.09. The normalized spacial score (nSPS) is 11.9. The molecule has 0 fully saturated rings. The summed E-state index contributed by atoms with van der Waals surface area (Å²) in [5.41, 5.74) is 5.76. The molecule has 4 N–H and O–H groups in total. The highest BCUT2D eigenvalue weighted by Gasteiger charge is 2.25. The van der Waals surface area contributed by atoms with Crippen molar-refractivity contribution < 1.29 is 14.1 Å². The molecular formula is C21H26N5O4+. The van der Waals surface area contributed by atoms with Crippen molar-refractivity contribution in [2.24, 2.45) is 0 Å². The SMILES string of the molecule is CCN(C(=O)C[NH+](C)Cc1ccco1)c1c(N)n(Cc2ccccc2)c(=O)[nH]c1=O. The molecule has 0 aliphatic heterocycles. The Hall–Kier alpha value is -3.59. The molecule has 1 atom stereocenters. The number of nitrogen functional groups attached to an aromatic ring is 1. The fourth-order valence-corrected chi connectivity index (χ4v) is 3.35. The highest BCUT2D eigenvalue weighted by molar-refractivity contribution is 5.96. The van der Waals surface area contributed by atoms with Gasteiger partial charge in [-0.1, -0.05) is 30.3 Å². The fourth-order valence-electron chi connectivity index (χ4n) is 3.35. The predicted octanol–water partition coefficient (Wildman–Crippen LogP) is -0.172. The maximum atomic E-state index is 13.0. The van der Waals surface area contributed by atoms with Gasteiger partial charge in [0.2, 0.25) is 0 Å². The van der Waals surface area contributed by atoms with Crippen LogP contribution in [0.4, 0.5) is 11.5 Å². The summed E-state index contributed by atoms with van der Waals surface area (Å²) in [6.07, 6.45) is 1.58. The van der Waals surface area contributed by atoms with E-state index in [9.17, 15) is 14.4 Å². The van der Waals surface area contributed by atoms with E-state index in [2.05, 4.69) is 4.98 Å². The van der Waals surface area contributed by atoms with Crippen LogP contribution in [0.3, 0.4) is 0 Å². The molecule has 3 aromatic rings. The number of carbonyl (C=O) groups excluding carboxylic acids is 1. The Balaban J connectivity index is 1.88. The maximum Gasteiger partial charge on any atom is 0.330 e. The van der Waals surface area contributed by atoms with Crippen LogP contribution in [0.15, 0.2) is 62.7 Å². The molecule has 0 aliphatic rings. The number of quaternary nitrogens is 1. The summed E-state index contributed by atoms with van der Waals surface area (Å²) in [7, 11) is 1.86. The van der Waals surface area contributed by atoms with Crippen molar-refractivity contribution in [3.63, 3.8) is 0 Å². The highest BCUT2D eigenvalue weighted by atomic mass is 16.3. The van der Waals surface area contributed by atoms with E-state index in [0.29, 0.717) is 6.54 Å². The van der Waals surface area contributed by atoms with Gasteiger partial charge >= 0.3 is 5.69 Å². The highest BCUT2D eigenvalue weighted by Crippen LogP contribution is 2.17. The number of nitrogens with one attached hydrogen (secondary N) is 2. The number of benzene rings is 1. The van der Waals surface area contributed by atoms with Crippen LogP contribution in [-0.4, -0.2) is 35.6 Å². The molecule has 1 unspecified atom stereocenters. The van der Waals surface area contributed by atoms with Crippen LogP contribution in [0.2, 0.25) is 0 Å². The molecule has 0 radical (unpaired) electrons. The minimum absolute atomic E-state index is 0.0103. The minimum Gasteiger partial charge on any atom is -0.463 e. The Morgan fingerprint density at radius 2 is 1.93 bits per heavy atom. The lowest BCUT2D eigenvalue weighted by Gasteiger charge is -2.24. The third-order valence-corrected chi connectivity index (χ3v) is 4.79. The van der Waals surface area contributed by atoms with Gasteiger partial charge in [-0.3, -0.25) is 24.0 Å². The average molecular weight is 412 g/mol. The number of aromatic nitrogens is 2. The summed E-state index contributed by atoms with van der Waals surface area (Å²) in [6, 6.07) is 12.9. The van der Waals surface area contributed by atoms with Crippen molar-refractivity contribution in [3.8, 4) is 0 Å². The summed E-state index contributed by atoms with van der Waals surface area (Å²) >= 11 is 0. The maximum absolute atomic E-state index is 13.0. The van der Waals surface area contributed by atoms with Crippen LogP contribution in [0.5, 0.6) is 0 Å². The Kier molecular flexibility index (Phi) is 6.53. The largest absolute Gasteiger partial charge is 0.463 e. The molecule has 0 bridgehead atoms. The summed E-state index contributed by atoms with van der Waals surface area (Å²) < 4.78 is 6.59. The third kappa shape index (κ3) is 4.69. The molecule has 0 saturated carbocycles. The van der Waals surface area contributed by atoms with E-state index >= 15 is 0 Å². The number of anilines is 2. The first-order valence-corrected chi connectivity index (χ1v) is 9.71. The van der Waals surface area contributed by atoms with Crippen LogP contribution in [0.25, 0.3) is 0 Å². The molecule has 9 nitrogen and oxygen atoms in total. The molecule has 0 aliphatic carbocycles.